The van der Waals surface area contributed by atoms with E-state index in [4.69, 9.17) is 21.1 Å². The predicted octanol–water partition coefficient (Wildman–Crippen LogP) is 3.15. The van der Waals surface area contributed by atoms with Crippen LogP contribution < -0.4 is 9.46 Å². The lowest BCUT2D eigenvalue weighted by Gasteiger charge is -2.18. The molecule has 0 aliphatic rings. The summed E-state index contributed by atoms with van der Waals surface area (Å²) in [5, 5.41) is 0.471. The van der Waals surface area contributed by atoms with Crippen molar-refractivity contribution in [1.82, 2.24) is 4.72 Å². The van der Waals surface area contributed by atoms with Crippen LogP contribution in [0.1, 0.15) is 11.7 Å². The van der Waals surface area contributed by atoms with Crippen molar-refractivity contribution in [2.45, 2.75) is 11.0 Å². The van der Waals surface area contributed by atoms with Crippen LogP contribution in [0.25, 0.3) is 0 Å². The van der Waals surface area contributed by atoms with Crippen molar-refractivity contribution < 1.29 is 22.3 Å². The van der Waals surface area contributed by atoms with Crippen molar-refractivity contribution in [1.29, 1.82) is 0 Å². The fourth-order valence-electron chi connectivity index (χ4n) is 2.14. The molecular weight excluding hydrogens is 357 g/mol. The van der Waals surface area contributed by atoms with Gasteiger partial charge >= 0.3 is 0 Å². The van der Waals surface area contributed by atoms with Crippen LogP contribution in [-0.2, 0) is 14.8 Å². The molecule has 0 saturated carbocycles. The van der Waals surface area contributed by atoms with Crippen molar-refractivity contribution in [2.75, 3.05) is 20.8 Å². The lowest BCUT2D eigenvalue weighted by atomic mass is 10.1. The lowest BCUT2D eigenvalue weighted by molar-refractivity contribution is 0.107. The molecule has 0 spiro atoms. The van der Waals surface area contributed by atoms with Gasteiger partial charge in [-0.2, -0.15) is 0 Å². The number of ether oxygens (including phenoxy) is 2. The van der Waals surface area contributed by atoms with Crippen molar-refractivity contribution in [2.24, 2.45) is 0 Å². The Labute approximate surface area is 145 Å². The Morgan fingerprint density at radius 2 is 1.92 bits per heavy atom. The second-order valence-corrected chi connectivity index (χ2v) is 7.07. The van der Waals surface area contributed by atoms with Crippen molar-refractivity contribution in [3.63, 3.8) is 0 Å². The topological polar surface area (TPSA) is 64.6 Å². The summed E-state index contributed by atoms with van der Waals surface area (Å²) in [4.78, 5) is -0.199. The van der Waals surface area contributed by atoms with Gasteiger partial charge in [-0.1, -0.05) is 29.8 Å². The standard InChI is InChI=1S/C16H17ClFNO4S/c1-22-15-8-7-11(9-14(15)18)24(20,21)19-10-16(23-2)12-5-3-4-6-13(12)17/h3-9,16,19H,10H2,1-2H3/t16-/m1/s1. The minimum Gasteiger partial charge on any atom is -0.494 e. The summed E-state index contributed by atoms with van der Waals surface area (Å²) in [6.45, 7) is -0.0454. The summed E-state index contributed by atoms with van der Waals surface area (Å²) in [5.74, 6) is -0.783. The quantitative estimate of drug-likeness (QED) is 0.809. The number of methoxy groups -OCH3 is 2. The van der Waals surface area contributed by atoms with Gasteiger partial charge in [-0.3, -0.25) is 0 Å². The minimum absolute atomic E-state index is 0.0280. The molecule has 0 heterocycles. The number of nitrogens with one attached hydrogen (secondary N) is 1. The molecule has 0 aliphatic carbocycles. The van der Waals surface area contributed by atoms with Gasteiger partial charge in [-0.05, 0) is 24.3 Å². The highest BCUT2D eigenvalue weighted by Gasteiger charge is 2.20. The summed E-state index contributed by atoms with van der Waals surface area (Å²) in [6.07, 6.45) is -0.573. The smallest absolute Gasteiger partial charge is 0.240 e. The van der Waals surface area contributed by atoms with E-state index in [0.717, 1.165) is 6.07 Å². The normalized spacial score (nSPS) is 12.8. The van der Waals surface area contributed by atoms with E-state index in [2.05, 4.69) is 4.72 Å². The van der Waals surface area contributed by atoms with Crippen LogP contribution in [-0.4, -0.2) is 29.2 Å². The molecule has 8 heteroatoms. The van der Waals surface area contributed by atoms with E-state index < -0.39 is 21.9 Å². The first kappa shape index (κ1) is 18.7. The molecule has 2 rings (SSSR count). The number of benzene rings is 2. The van der Waals surface area contributed by atoms with E-state index >= 15 is 0 Å². The molecule has 2 aromatic carbocycles. The van der Waals surface area contributed by atoms with E-state index in [1.165, 1.54) is 26.4 Å². The number of halogens is 2. The Hall–Kier alpha value is -1.67. The van der Waals surface area contributed by atoms with Crippen molar-refractivity contribution >= 4 is 21.6 Å². The average molecular weight is 374 g/mol. The number of rotatable bonds is 7. The SMILES string of the molecule is COc1ccc(S(=O)(=O)NC[C@@H](OC)c2ccccc2Cl)cc1F. The molecule has 0 bridgehead atoms. The van der Waals surface area contributed by atoms with Gasteiger partial charge in [0.1, 0.15) is 0 Å². The van der Waals surface area contributed by atoms with Gasteiger partial charge in [0.25, 0.3) is 0 Å². The molecule has 24 heavy (non-hydrogen) atoms. The van der Waals surface area contributed by atoms with E-state index in [1.54, 1.807) is 24.3 Å². The van der Waals surface area contributed by atoms with Crippen LogP contribution in [0.4, 0.5) is 4.39 Å². The van der Waals surface area contributed by atoms with Crippen LogP contribution in [0.5, 0.6) is 5.75 Å². The number of hydrogen-bond acceptors (Lipinski definition) is 4. The van der Waals surface area contributed by atoms with Gasteiger partial charge < -0.3 is 9.47 Å². The molecule has 1 atom stereocenters. The molecule has 0 aromatic heterocycles. The molecule has 1 N–H and O–H groups in total. The Bertz CT molecular complexity index is 813. The van der Waals surface area contributed by atoms with Gasteiger partial charge in [0, 0.05) is 24.2 Å². The maximum absolute atomic E-state index is 13.7. The molecule has 130 valence electrons. The first-order valence-corrected chi connectivity index (χ1v) is 8.85. The largest absolute Gasteiger partial charge is 0.494 e. The zero-order chi connectivity index (χ0) is 17.7. The molecule has 0 radical (unpaired) electrons. The van der Waals surface area contributed by atoms with E-state index in [9.17, 15) is 12.8 Å². The molecule has 0 saturated heterocycles. The van der Waals surface area contributed by atoms with E-state index in [1.807, 2.05) is 0 Å². The summed E-state index contributed by atoms with van der Waals surface area (Å²) >= 11 is 6.10. The summed E-state index contributed by atoms with van der Waals surface area (Å²) in [7, 11) is -1.15. The summed E-state index contributed by atoms with van der Waals surface area (Å²) in [5.41, 5.74) is 0.658. The predicted molar refractivity (Wildman–Crippen MR) is 89.3 cm³/mol. The molecular formula is C16H17ClFNO4S. The highest BCUT2D eigenvalue weighted by atomic mass is 35.5. The van der Waals surface area contributed by atoms with Crippen LogP contribution in [0.15, 0.2) is 47.4 Å². The van der Waals surface area contributed by atoms with Gasteiger partial charge in [-0.15, -0.1) is 0 Å². The molecule has 0 aliphatic heterocycles. The average Bonchev–Trinajstić information content (AvgIpc) is 2.56. The Kier molecular flexibility index (Phi) is 6.17. The van der Waals surface area contributed by atoms with E-state index in [-0.39, 0.29) is 17.2 Å². The van der Waals surface area contributed by atoms with Crippen LogP contribution >= 0.6 is 11.6 Å². The summed E-state index contributed by atoms with van der Waals surface area (Å²) in [6, 6.07) is 10.4. The Morgan fingerprint density at radius 1 is 1.21 bits per heavy atom. The maximum atomic E-state index is 13.7. The number of hydrogen-bond donors (Lipinski definition) is 1. The van der Waals surface area contributed by atoms with Gasteiger partial charge in [0.2, 0.25) is 10.0 Å². The second kappa shape index (κ2) is 7.94. The van der Waals surface area contributed by atoms with Crippen molar-refractivity contribution in [3.05, 3.63) is 58.9 Å². The van der Waals surface area contributed by atoms with Crippen LogP contribution in [0, 0.1) is 5.82 Å². The van der Waals surface area contributed by atoms with Gasteiger partial charge in [0.05, 0.1) is 18.1 Å². The second-order valence-electron chi connectivity index (χ2n) is 4.89. The third-order valence-corrected chi connectivity index (χ3v) is 5.19. The molecule has 2 aromatic rings. The zero-order valence-corrected chi connectivity index (χ0v) is 14.7. The fraction of sp³-hybridized carbons (Fsp3) is 0.250. The molecule has 0 amide bonds. The lowest BCUT2D eigenvalue weighted by Crippen LogP contribution is -2.29. The highest BCUT2D eigenvalue weighted by molar-refractivity contribution is 7.89. The third kappa shape index (κ3) is 4.24. The molecule has 5 nitrogen and oxygen atoms in total. The van der Waals surface area contributed by atoms with E-state index in [0.29, 0.717) is 10.6 Å². The van der Waals surface area contributed by atoms with Gasteiger partial charge in [-0.25, -0.2) is 17.5 Å². The van der Waals surface area contributed by atoms with Gasteiger partial charge in [0.15, 0.2) is 11.6 Å². The first-order chi connectivity index (χ1) is 11.4. The fourth-order valence-corrected chi connectivity index (χ4v) is 3.44. The maximum Gasteiger partial charge on any atom is 0.240 e. The highest BCUT2D eigenvalue weighted by Crippen LogP contribution is 2.25. The Morgan fingerprint density at radius 3 is 2.50 bits per heavy atom. The van der Waals surface area contributed by atoms with Crippen LogP contribution in [0.3, 0.4) is 0 Å². The minimum atomic E-state index is -3.90. The summed E-state index contributed by atoms with van der Waals surface area (Å²) < 4.78 is 50.8. The number of sulfonamides is 1. The first-order valence-electron chi connectivity index (χ1n) is 6.99. The monoisotopic (exact) mass is 373 g/mol. The van der Waals surface area contributed by atoms with Crippen molar-refractivity contribution in [3.8, 4) is 5.75 Å². The molecule has 0 unspecified atom stereocenters. The zero-order valence-electron chi connectivity index (χ0n) is 13.1. The third-order valence-electron chi connectivity index (χ3n) is 3.43. The van der Waals surface area contributed by atoms with Crippen LogP contribution in [0.2, 0.25) is 5.02 Å². The molecule has 0 fully saturated rings. The Balaban J connectivity index is 2.17.